The molecule has 0 aliphatic carbocycles. The predicted molar refractivity (Wildman–Crippen MR) is 119 cm³/mol. The van der Waals surface area contributed by atoms with E-state index in [1.807, 2.05) is 24.3 Å². The van der Waals surface area contributed by atoms with Gasteiger partial charge in [0.05, 0.1) is 18.1 Å². The number of piperidine rings is 1. The third kappa shape index (κ3) is 4.02. The van der Waals surface area contributed by atoms with Gasteiger partial charge in [-0.15, -0.1) is 0 Å². The molecule has 5 heteroatoms. The first-order valence-electron chi connectivity index (χ1n) is 11.3. The smallest absolute Gasteiger partial charge is 0.307 e. The Morgan fingerprint density at radius 3 is 2.40 bits per heavy atom. The van der Waals surface area contributed by atoms with Crippen LogP contribution in [0.2, 0.25) is 0 Å². The van der Waals surface area contributed by atoms with Crippen molar-refractivity contribution in [1.29, 1.82) is 5.26 Å². The third-order valence-corrected chi connectivity index (χ3v) is 6.81. The summed E-state index contributed by atoms with van der Waals surface area (Å²) in [5, 5.41) is 11.6. The van der Waals surface area contributed by atoms with Crippen molar-refractivity contribution in [2.45, 2.75) is 64.1 Å². The number of hydrogen-bond acceptors (Lipinski definition) is 5. The topological polar surface area (TPSA) is 56.6 Å². The van der Waals surface area contributed by atoms with Crippen molar-refractivity contribution >= 4 is 22.4 Å². The second-order valence-electron chi connectivity index (χ2n) is 8.44. The molecule has 2 fully saturated rings. The highest BCUT2D eigenvalue weighted by atomic mass is 16.5. The maximum atomic E-state index is 12.4. The van der Waals surface area contributed by atoms with Gasteiger partial charge in [-0.25, -0.2) is 0 Å². The van der Waals surface area contributed by atoms with Gasteiger partial charge in [-0.05, 0) is 38.1 Å². The van der Waals surface area contributed by atoms with E-state index >= 15 is 0 Å². The van der Waals surface area contributed by atoms with E-state index in [0.29, 0.717) is 18.5 Å². The van der Waals surface area contributed by atoms with Crippen LogP contribution >= 0.6 is 0 Å². The molecule has 30 heavy (non-hydrogen) atoms. The molecule has 4 rings (SSSR count). The predicted octanol–water partition coefficient (Wildman–Crippen LogP) is 4.49. The third-order valence-electron chi connectivity index (χ3n) is 6.81. The molecule has 2 aromatic rings. The van der Waals surface area contributed by atoms with Crippen LogP contribution < -0.4 is 4.90 Å². The van der Waals surface area contributed by atoms with Crippen LogP contribution in [-0.4, -0.2) is 48.7 Å². The zero-order chi connectivity index (χ0) is 21.1. The maximum absolute atomic E-state index is 12.4. The Labute approximate surface area is 179 Å². The largest absolute Gasteiger partial charge is 0.462 e. The molecule has 2 saturated heterocycles. The SMILES string of the molecule is CCN(CC)CCC(=O)OC1CC2CCC(C1)N2c1ccc(C#N)c2ccccc12. The average Bonchev–Trinajstić information content (AvgIpc) is 3.03. The number of carbonyl (C=O) groups is 1. The molecule has 0 N–H and O–H groups in total. The molecule has 2 heterocycles. The van der Waals surface area contributed by atoms with Gasteiger partial charge in [0.2, 0.25) is 0 Å². The van der Waals surface area contributed by atoms with Crippen LogP contribution in [0.3, 0.4) is 0 Å². The second-order valence-corrected chi connectivity index (χ2v) is 8.44. The fraction of sp³-hybridized carbons (Fsp3) is 0.520. The zero-order valence-electron chi connectivity index (χ0n) is 18.0. The summed E-state index contributed by atoms with van der Waals surface area (Å²) in [5.74, 6) is -0.0661. The first-order chi connectivity index (χ1) is 14.6. The Morgan fingerprint density at radius 2 is 1.77 bits per heavy atom. The lowest BCUT2D eigenvalue weighted by atomic mass is 9.96. The van der Waals surface area contributed by atoms with Gasteiger partial charge in [-0.3, -0.25) is 4.79 Å². The first kappa shape index (κ1) is 20.7. The summed E-state index contributed by atoms with van der Waals surface area (Å²) >= 11 is 0. The van der Waals surface area contributed by atoms with E-state index in [-0.39, 0.29) is 12.1 Å². The molecule has 0 amide bonds. The van der Waals surface area contributed by atoms with E-state index < -0.39 is 0 Å². The van der Waals surface area contributed by atoms with Crippen LogP contribution in [0.15, 0.2) is 36.4 Å². The summed E-state index contributed by atoms with van der Waals surface area (Å²) in [6.07, 6.45) is 4.53. The number of anilines is 1. The van der Waals surface area contributed by atoms with Crippen LogP contribution in [0, 0.1) is 11.3 Å². The van der Waals surface area contributed by atoms with Crippen molar-refractivity contribution < 1.29 is 9.53 Å². The number of esters is 1. The summed E-state index contributed by atoms with van der Waals surface area (Å²) in [4.78, 5) is 17.2. The van der Waals surface area contributed by atoms with E-state index in [4.69, 9.17) is 4.74 Å². The molecule has 0 spiro atoms. The number of carbonyl (C=O) groups excluding carboxylic acids is 1. The molecule has 158 valence electrons. The number of nitriles is 1. The average molecular weight is 406 g/mol. The van der Waals surface area contributed by atoms with Crippen molar-refractivity contribution in [3.63, 3.8) is 0 Å². The summed E-state index contributed by atoms with van der Waals surface area (Å²) in [7, 11) is 0. The highest BCUT2D eigenvalue weighted by Crippen LogP contribution is 2.43. The second kappa shape index (κ2) is 9.06. The molecule has 2 unspecified atom stereocenters. The van der Waals surface area contributed by atoms with Gasteiger partial charge in [0.15, 0.2) is 0 Å². The van der Waals surface area contributed by atoms with Crippen molar-refractivity contribution in [3.8, 4) is 6.07 Å². The van der Waals surface area contributed by atoms with Gasteiger partial charge in [0.25, 0.3) is 0 Å². The van der Waals surface area contributed by atoms with Crippen molar-refractivity contribution in [1.82, 2.24) is 4.90 Å². The number of hydrogen-bond donors (Lipinski definition) is 0. The Hall–Kier alpha value is -2.58. The number of fused-ring (bicyclic) bond motifs is 3. The van der Waals surface area contributed by atoms with Gasteiger partial charge in [-0.1, -0.05) is 38.1 Å². The number of nitrogens with zero attached hydrogens (tertiary/aromatic N) is 3. The van der Waals surface area contributed by atoms with Gasteiger partial charge < -0.3 is 14.5 Å². The van der Waals surface area contributed by atoms with E-state index in [2.05, 4.69) is 41.8 Å². The molecule has 2 bridgehead atoms. The maximum Gasteiger partial charge on any atom is 0.307 e. The number of ether oxygens (including phenoxy) is 1. The zero-order valence-corrected chi connectivity index (χ0v) is 18.0. The van der Waals surface area contributed by atoms with E-state index in [1.165, 1.54) is 5.69 Å². The van der Waals surface area contributed by atoms with Crippen molar-refractivity contribution in [2.24, 2.45) is 0 Å². The van der Waals surface area contributed by atoms with Gasteiger partial charge in [0, 0.05) is 47.9 Å². The molecule has 0 aromatic heterocycles. The monoisotopic (exact) mass is 405 g/mol. The Kier molecular flexibility index (Phi) is 6.24. The van der Waals surface area contributed by atoms with Gasteiger partial charge >= 0.3 is 5.97 Å². The standard InChI is InChI=1S/C25H31N3O2/c1-3-27(4-2)14-13-25(29)30-21-15-19-10-11-20(16-21)28(19)24-12-9-18(17-26)22-7-5-6-8-23(22)24/h5-9,12,19-21H,3-4,10-11,13-16H2,1-2H3. The van der Waals surface area contributed by atoms with Crippen LogP contribution in [0.4, 0.5) is 5.69 Å². The highest BCUT2D eigenvalue weighted by Gasteiger charge is 2.42. The van der Waals surface area contributed by atoms with Crippen LogP contribution in [0.1, 0.15) is 51.5 Å². The quantitative estimate of drug-likeness (QED) is 0.636. The summed E-state index contributed by atoms with van der Waals surface area (Å²) in [6.45, 7) is 6.94. The summed E-state index contributed by atoms with van der Waals surface area (Å²) in [6, 6.07) is 15.3. The van der Waals surface area contributed by atoms with Crippen LogP contribution in [0.5, 0.6) is 0 Å². The minimum atomic E-state index is -0.0661. The lowest BCUT2D eigenvalue weighted by Crippen LogP contribution is -2.46. The molecule has 5 nitrogen and oxygen atoms in total. The molecular weight excluding hydrogens is 374 g/mol. The summed E-state index contributed by atoms with van der Waals surface area (Å²) in [5.41, 5.74) is 1.93. The van der Waals surface area contributed by atoms with Crippen LogP contribution in [0.25, 0.3) is 10.8 Å². The highest BCUT2D eigenvalue weighted by molar-refractivity contribution is 5.98. The molecule has 2 aromatic carbocycles. The molecule has 2 aliphatic rings. The van der Waals surface area contributed by atoms with Crippen molar-refractivity contribution in [3.05, 3.63) is 42.0 Å². The van der Waals surface area contributed by atoms with Crippen molar-refractivity contribution in [2.75, 3.05) is 24.5 Å². The lowest BCUT2D eigenvalue weighted by molar-refractivity contribution is -0.150. The normalized spacial score (nSPS) is 23.0. The minimum Gasteiger partial charge on any atom is -0.462 e. The van der Waals surface area contributed by atoms with Gasteiger partial charge in [-0.2, -0.15) is 5.26 Å². The Bertz CT molecular complexity index is 933. The molecule has 2 atom stereocenters. The molecule has 0 radical (unpaired) electrons. The van der Waals surface area contributed by atoms with Crippen LogP contribution in [-0.2, 0) is 9.53 Å². The molecule has 0 saturated carbocycles. The first-order valence-corrected chi connectivity index (χ1v) is 11.3. The number of rotatable bonds is 7. The van der Waals surface area contributed by atoms with E-state index in [9.17, 15) is 10.1 Å². The lowest BCUT2D eigenvalue weighted by Gasteiger charge is -2.40. The Morgan fingerprint density at radius 1 is 1.10 bits per heavy atom. The summed E-state index contributed by atoms with van der Waals surface area (Å²) < 4.78 is 5.88. The molecular formula is C25H31N3O2. The molecule has 2 aliphatic heterocycles. The fourth-order valence-corrected chi connectivity index (χ4v) is 5.26. The van der Waals surface area contributed by atoms with E-state index in [0.717, 1.165) is 61.7 Å². The van der Waals surface area contributed by atoms with Gasteiger partial charge in [0.1, 0.15) is 6.10 Å². The minimum absolute atomic E-state index is 0.0209. The fourth-order valence-electron chi connectivity index (χ4n) is 5.26. The Balaban J connectivity index is 1.46. The van der Waals surface area contributed by atoms with E-state index in [1.54, 1.807) is 0 Å². The number of benzene rings is 2.